The average molecular weight is 218 g/mol. The molecule has 0 saturated carbocycles. The highest BCUT2D eigenvalue weighted by atomic mass is 16.2. The predicted molar refractivity (Wildman–Crippen MR) is 60.9 cm³/mol. The third-order valence-electron chi connectivity index (χ3n) is 2.46. The van der Waals surface area contributed by atoms with Crippen molar-refractivity contribution in [1.82, 2.24) is 14.8 Å². The molecular formula is C11H14N4O. The summed E-state index contributed by atoms with van der Waals surface area (Å²) in [5.74, 6) is 5.13. The number of nitrogens with two attached hydrogens (primary N) is 1. The van der Waals surface area contributed by atoms with Gasteiger partial charge in [-0.15, -0.1) is 0 Å². The minimum Gasteiger partial charge on any atom is -0.307 e. The van der Waals surface area contributed by atoms with E-state index in [1.807, 2.05) is 10.6 Å². The molecule has 84 valence electrons. The van der Waals surface area contributed by atoms with Crippen molar-refractivity contribution in [1.29, 1.82) is 0 Å². The molecule has 1 amide bonds. The number of amides is 1. The summed E-state index contributed by atoms with van der Waals surface area (Å²) in [6.07, 6.45) is 3.77. The largest absolute Gasteiger partial charge is 0.307 e. The van der Waals surface area contributed by atoms with Crippen LogP contribution in [0.15, 0.2) is 24.5 Å². The molecule has 0 bridgehead atoms. The third-order valence-corrected chi connectivity index (χ3v) is 2.46. The average Bonchev–Trinajstić information content (AvgIpc) is 2.70. The van der Waals surface area contributed by atoms with Crippen LogP contribution in [0.4, 0.5) is 0 Å². The van der Waals surface area contributed by atoms with Crippen molar-refractivity contribution < 1.29 is 4.79 Å². The van der Waals surface area contributed by atoms with E-state index in [4.69, 9.17) is 5.84 Å². The number of aromatic nitrogens is 2. The van der Waals surface area contributed by atoms with Crippen molar-refractivity contribution in [2.75, 3.05) is 0 Å². The standard InChI is InChI=1S/C11H14N4O/c1-7(2)9-6-15-4-3-8(11(16)14-12)5-10(15)13-9/h3-7H,12H2,1-2H3,(H,14,16). The van der Waals surface area contributed by atoms with Gasteiger partial charge in [0.2, 0.25) is 0 Å². The van der Waals surface area contributed by atoms with Crippen LogP contribution in [0.25, 0.3) is 5.65 Å². The van der Waals surface area contributed by atoms with Crippen LogP contribution in [0, 0.1) is 0 Å². The number of carbonyl (C=O) groups excluding carboxylic acids is 1. The second kappa shape index (κ2) is 3.94. The Morgan fingerprint density at radius 3 is 2.94 bits per heavy atom. The Morgan fingerprint density at radius 1 is 1.56 bits per heavy atom. The first-order chi connectivity index (χ1) is 7.61. The van der Waals surface area contributed by atoms with Crippen LogP contribution < -0.4 is 11.3 Å². The lowest BCUT2D eigenvalue weighted by atomic mass is 10.2. The summed E-state index contributed by atoms with van der Waals surface area (Å²) in [6.45, 7) is 4.16. The molecule has 0 fully saturated rings. The molecule has 0 unspecified atom stereocenters. The smallest absolute Gasteiger partial charge is 0.265 e. The maximum atomic E-state index is 11.3. The van der Waals surface area contributed by atoms with E-state index in [-0.39, 0.29) is 5.91 Å². The Bertz CT molecular complexity index is 530. The van der Waals surface area contributed by atoms with Crippen LogP contribution in [0.3, 0.4) is 0 Å². The number of hydrogen-bond donors (Lipinski definition) is 2. The van der Waals surface area contributed by atoms with E-state index < -0.39 is 0 Å². The number of nitrogens with one attached hydrogen (secondary N) is 1. The summed E-state index contributed by atoms with van der Waals surface area (Å²) in [4.78, 5) is 15.8. The van der Waals surface area contributed by atoms with Gasteiger partial charge in [0.1, 0.15) is 5.65 Å². The molecule has 0 aliphatic carbocycles. The fourth-order valence-electron chi connectivity index (χ4n) is 1.50. The molecule has 2 rings (SSSR count). The monoisotopic (exact) mass is 218 g/mol. The second-order valence-corrected chi connectivity index (χ2v) is 3.97. The van der Waals surface area contributed by atoms with Crippen LogP contribution >= 0.6 is 0 Å². The highest BCUT2D eigenvalue weighted by Crippen LogP contribution is 2.15. The number of hydrazine groups is 1. The lowest BCUT2D eigenvalue weighted by molar-refractivity contribution is 0.0953. The maximum Gasteiger partial charge on any atom is 0.265 e. The van der Waals surface area contributed by atoms with Crippen LogP contribution in [-0.4, -0.2) is 15.3 Å². The van der Waals surface area contributed by atoms with E-state index in [1.54, 1.807) is 18.3 Å². The van der Waals surface area contributed by atoms with Gasteiger partial charge in [0.15, 0.2) is 0 Å². The number of fused-ring (bicyclic) bond motifs is 1. The SMILES string of the molecule is CC(C)c1cn2ccc(C(=O)NN)cc2n1. The fourth-order valence-corrected chi connectivity index (χ4v) is 1.50. The van der Waals surface area contributed by atoms with Gasteiger partial charge in [-0.25, -0.2) is 10.8 Å². The zero-order valence-corrected chi connectivity index (χ0v) is 9.27. The molecule has 5 nitrogen and oxygen atoms in total. The zero-order chi connectivity index (χ0) is 11.7. The van der Waals surface area contributed by atoms with Gasteiger partial charge < -0.3 is 4.40 Å². The van der Waals surface area contributed by atoms with Crippen LogP contribution in [0.1, 0.15) is 35.8 Å². The summed E-state index contributed by atoms with van der Waals surface area (Å²) >= 11 is 0. The number of nitrogens with zero attached hydrogens (tertiary/aromatic N) is 2. The lowest BCUT2D eigenvalue weighted by Crippen LogP contribution is -2.29. The van der Waals surface area contributed by atoms with E-state index in [1.165, 1.54) is 0 Å². The van der Waals surface area contributed by atoms with Gasteiger partial charge in [-0.2, -0.15) is 0 Å². The van der Waals surface area contributed by atoms with E-state index in [0.717, 1.165) is 11.3 Å². The Hall–Kier alpha value is -1.88. The zero-order valence-electron chi connectivity index (χ0n) is 9.27. The van der Waals surface area contributed by atoms with E-state index in [0.29, 0.717) is 11.5 Å². The molecule has 0 saturated heterocycles. The first kappa shape index (κ1) is 10.6. The first-order valence-corrected chi connectivity index (χ1v) is 5.11. The predicted octanol–water partition coefficient (Wildman–Crippen LogP) is 1.06. The van der Waals surface area contributed by atoms with Crippen molar-refractivity contribution in [2.24, 2.45) is 5.84 Å². The van der Waals surface area contributed by atoms with Crippen LogP contribution in [0.2, 0.25) is 0 Å². The molecule has 0 atom stereocenters. The first-order valence-electron chi connectivity index (χ1n) is 5.11. The quantitative estimate of drug-likeness (QED) is 0.450. The second-order valence-electron chi connectivity index (χ2n) is 3.97. The third kappa shape index (κ3) is 1.77. The molecule has 2 aromatic heterocycles. The van der Waals surface area contributed by atoms with Crippen molar-refractivity contribution in [3.05, 3.63) is 35.8 Å². The lowest BCUT2D eigenvalue weighted by Gasteiger charge is -1.99. The van der Waals surface area contributed by atoms with Gasteiger partial charge in [-0.05, 0) is 18.1 Å². The molecule has 5 heteroatoms. The molecule has 3 N–H and O–H groups in total. The summed E-state index contributed by atoms with van der Waals surface area (Å²) in [5, 5.41) is 0. The van der Waals surface area contributed by atoms with Gasteiger partial charge in [-0.1, -0.05) is 13.8 Å². The van der Waals surface area contributed by atoms with Crippen molar-refractivity contribution in [2.45, 2.75) is 19.8 Å². The van der Waals surface area contributed by atoms with Gasteiger partial charge in [-0.3, -0.25) is 10.2 Å². The number of imidazole rings is 1. The molecular weight excluding hydrogens is 204 g/mol. The Kier molecular flexibility index (Phi) is 2.62. The summed E-state index contributed by atoms with van der Waals surface area (Å²) in [5.41, 5.74) is 4.37. The molecule has 0 aromatic carbocycles. The molecule has 2 heterocycles. The summed E-state index contributed by atoms with van der Waals surface area (Å²) in [6, 6.07) is 3.43. The molecule has 0 spiro atoms. The van der Waals surface area contributed by atoms with Crippen molar-refractivity contribution in [3.63, 3.8) is 0 Å². The van der Waals surface area contributed by atoms with E-state index >= 15 is 0 Å². The van der Waals surface area contributed by atoms with Crippen molar-refractivity contribution >= 4 is 11.6 Å². The molecule has 0 aliphatic heterocycles. The number of nitrogen functional groups attached to an aromatic ring is 1. The number of hydrogen-bond acceptors (Lipinski definition) is 3. The molecule has 0 aliphatic rings. The maximum absolute atomic E-state index is 11.3. The Balaban J connectivity index is 2.49. The molecule has 2 aromatic rings. The normalized spacial score (nSPS) is 11.0. The molecule has 0 radical (unpaired) electrons. The van der Waals surface area contributed by atoms with Gasteiger partial charge in [0.05, 0.1) is 5.69 Å². The topological polar surface area (TPSA) is 72.4 Å². The fraction of sp³-hybridized carbons (Fsp3) is 0.273. The molecule has 16 heavy (non-hydrogen) atoms. The number of pyridine rings is 1. The summed E-state index contributed by atoms with van der Waals surface area (Å²) in [7, 11) is 0. The van der Waals surface area contributed by atoms with Gasteiger partial charge >= 0.3 is 0 Å². The Morgan fingerprint density at radius 2 is 2.31 bits per heavy atom. The Labute approximate surface area is 93.3 Å². The van der Waals surface area contributed by atoms with Crippen LogP contribution in [0.5, 0.6) is 0 Å². The van der Waals surface area contributed by atoms with Crippen molar-refractivity contribution in [3.8, 4) is 0 Å². The number of rotatable bonds is 2. The number of carbonyl (C=O) groups is 1. The van der Waals surface area contributed by atoms with E-state index in [9.17, 15) is 4.79 Å². The highest BCUT2D eigenvalue weighted by Gasteiger charge is 2.08. The van der Waals surface area contributed by atoms with Gasteiger partial charge in [0, 0.05) is 18.0 Å². The van der Waals surface area contributed by atoms with Crippen LogP contribution in [-0.2, 0) is 0 Å². The summed E-state index contributed by atoms with van der Waals surface area (Å²) < 4.78 is 1.89. The minimum atomic E-state index is -0.309. The van der Waals surface area contributed by atoms with Gasteiger partial charge in [0.25, 0.3) is 5.91 Å². The van der Waals surface area contributed by atoms with E-state index in [2.05, 4.69) is 24.3 Å². The minimum absolute atomic E-state index is 0.309. The highest BCUT2D eigenvalue weighted by molar-refractivity contribution is 5.94.